The molecule has 27 heavy (non-hydrogen) atoms. The Labute approximate surface area is 156 Å². The van der Waals surface area contributed by atoms with Gasteiger partial charge in [-0.15, -0.1) is 0 Å². The zero-order valence-corrected chi connectivity index (χ0v) is 15.3. The Bertz CT molecular complexity index is 726. The zero-order valence-electron chi connectivity index (χ0n) is 15.3. The van der Waals surface area contributed by atoms with Gasteiger partial charge in [-0.3, -0.25) is 19.2 Å². The maximum atomic E-state index is 12.8. The van der Waals surface area contributed by atoms with Gasteiger partial charge in [-0.25, -0.2) is 4.79 Å². The van der Waals surface area contributed by atoms with E-state index in [1.165, 1.54) is 4.90 Å². The molecule has 1 amide bonds. The Morgan fingerprint density at radius 1 is 1.33 bits per heavy atom. The normalized spacial score (nSPS) is 22.5. The summed E-state index contributed by atoms with van der Waals surface area (Å²) in [4.78, 5) is 36.8. The fourth-order valence-electron chi connectivity index (χ4n) is 3.37. The van der Waals surface area contributed by atoms with E-state index in [1.807, 2.05) is 11.6 Å². The van der Waals surface area contributed by atoms with Gasteiger partial charge in [0.25, 0.3) is 5.91 Å². The summed E-state index contributed by atoms with van der Waals surface area (Å²) in [5.41, 5.74) is 0.905. The third-order valence-corrected chi connectivity index (χ3v) is 4.66. The molecule has 1 N–H and O–H groups in total. The van der Waals surface area contributed by atoms with Crippen molar-refractivity contribution in [3.05, 3.63) is 11.8 Å². The first-order valence-corrected chi connectivity index (χ1v) is 8.85. The van der Waals surface area contributed by atoms with Crippen LogP contribution in [0.4, 0.5) is 5.82 Å². The second kappa shape index (κ2) is 8.05. The van der Waals surface area contributed by atoms with Crippen LogP contribution in [0.3, 0.4) is 0 Å². The summed E-state index contributed by atoms with van der Waals surface area (Å²) in [6, 6.07) is 1.99. The molecule has 3 heterocycles. The highest BCUT2D eigenvalue weighted by molar-refractivity contribution is 6.00. The number of rotatable bonds is 5. The lowest BCUT2D eigenvalue weighted by atomic mass is 10.1. The van der Waals surface area contributed by atoms with E-state index in [0.29, 0.717) is 19.0 Å². The minimum atomic E-state index is -1.70. The van der Waals surface area contributed by atoms with Gasteiger partial charge in [-0.1, -0.05) is 0 Å². The molecule has 148 valence electrons. The van der Waals surface area contributed by atoms with Crippen molar-refractivity contribution >= 4 is 23.7 Å². The molecule has 10 heteroatoms. The van der Waals surface area contributed by atoms with Crippen molar-refractivity contribution < 1.29 is 33.7 Å². The molecule has 0 aliphatic carbocycles. The van der Waals surface area contributed by atoms with E-state index < -0.39 is 30.1 Å². The van der Waals surface area contributed by atoms with Gasteiger partial charge in [0, 0.05) is 31.9 Å². The average Bonchev–Trinajstić information content (AvgIpc) is 3.02. The largest absolute Gasteiger partial charge is 0.478 e. The predicted molar refractivity (Wildman–Crippen MR) is 91.3 cm³/mol. The smallest absolute Gasteiger partial charge is 0.348 e. The van der Waals surface area contributed by atoms with Gasteiger partial charge in [-0.05, 0) is 19.8 Å². The van der Waals surface area contributed by atoms with Crippen molar-refractivity contribution in [1.29, 1.82) is 0 Å². The zero-order chi connectivity index (χ0) is 19.6. The summed E-state index contributed by atoms with van der Waals surface area (Å²) in [5.74, 6) is -2.39. The van der Waals surface area contributed by atoms with Crippen molar-refractivity contribution in [2.45, 2.75) is 44.9 Å². The van der Waals surface area contributed by atoms with Gasteiger partial charge in [0.15, 0.2) is 11.9 Å². The highest BCUT2D eigenvalue weighted by Gasteiger charge is 2.43. The summed E-state index contributed by atoms with van der Waals surface area (Å²) in [6.07, 6.45) is -1.42. The van der Waals surface area contributed by atoms with Crippen LogP contribution in [0.1, 0.15) is 31.5 Å². The van der Waals surface area contributed by atoms with Crippen LogP contribution in [0.5, 0.6) is 0 Å². The van der Waals surface area contributed by atoms with Crippen molar-refractivity contribution in [2.24, 2.45) is 0 Å². The number of anilines is 1. The van der Waals surface area contributed by atoms with E-state index in [-0.39, 0.29) is 19.2 Å². The maximum absolute atomic E-state index is 12.8. The van der Waals surface area contributed by atoms with Gasteiger partial charge in [0.1, 0.15) is 0 Å². The highest BCUT2D eigenvalue weighted by atomic mass is 16.6. The third kappa shape index (κ3) is 4.11. The van der Waals surface area contributed by atoms with Crippen LogP contribution >= 0.6 is 0 Å². The third-order valence-electron chi connectivity index (χ3n) is 4.66. The van der Waals surface area contributed by atoms with Crippen molar-refractivity contribution in [3.63, 3.8) is 0 Å². The summed E-state index contributed by atoms with van der Waals surface area (Å²) >= 11 is 0. The molecule has 0 aromatic carbocycles. The second-order valence-corrected chi connectivity index (χ2v) is 6.58. The Balaban J connectivity index is 1.81. The quantitative estimate of drug-likeness (QED) is 0.723. The van der Waals surface area contributed by atoms with Gasteiger partial charge >= 0.3 is 11.9 Å². The fourth-order valence-corrected chi connectivity index (χ4v) is 3.37. The predicted octanol–water partition coefficient (Wildman–Crippen LogP) is 0.291. The number of carbonyl (C=O) groups excluding carboxylic acids is 2. The molecule has 2 aliphatic heterocycles. The molecule has 1 aromatic rings. The SMILES string of the molecule is CC(=O)OC(C(=O)O)C1OCCN(c2cc(C)n(C3CCOCC3)n2)C1=O. The molecule has 1 aromatic heterocycles. The van der Waals surface area contributed by atoms with Crippen LogP contribution in [0.25, 0.3) is 0 Å². The number of aromatic nitrogens is 2. The molecular formula is C17H23N3O7. The van der Waals surface area contributed by atoms with Gasteiger partial charge in [0.05, 0.1) is 19.2 Å². The minimum Gasteiger partial charge on any atom is -0.478 e. The van der Waals surface area contributed by atoms with Crippen LogP contribution in [-0.4, -0.2) is 71.3 Å². The van der Waals surface area contributed by atoms with Crippen LogP contribution in [0, 0.1) is 6.92 Å². The first-order chi connectivity index (χ1) is 12.9. The first kappa shape index (κ1) is 19.3. The molecule has 0 bridgehead atoms. The summed E-state index contributed by atoms with van der Waals surface area (Å²) < 4.78 is 17.4. The summed E-state index contributed by atoms with van der Waals surface area (Å²) in [6.45, 7) is 4.69. The summed E-state index contributed by atoms with van der Waals surface area (Å²) in [7, 11) is 0. The van der Waals surface area contributed by atoms with E-state index >= 15 is 0 Å². The number of amides is 1. The first-order valence-electron chi connectivity index (χ1n) is 8.85. The molecule has 2 fully saturated rings. The molecule has 0 saturated carbocycles. The number of carbonyl (C=O) groups is 3. The van der Waals surface area contributed by atoms with Gasteiger partial charge in [-0.2, -0.15) is 5.10 Å². The number of nitrogens with zero attached hydrogens (tertiary/aromatic N) is 3. The van der Waals surface area contributed by atoms with Crippen molar-refractivity contribution in [1.82, 2.24) is 9.78 Å². The van der Waals surface area contributed by atoms with Gasteiger partial charge in [0.2, 0.25) is 6.10 Å². The molecular weight excluding hydrogens is 358 g/mol. The van der Waals surface area contributed by atoms with Crippen molar-refractivity contribution in [2.75, 3.05) is 31.3 Å². The Kier molecular flexibility index (Phi) is 5.76. The Morgan fingerprint density at radius 3 is 2.67 bits per heavy atom. The Morgan fingerprint density at radius 2 is 2.04 bits per heavy atom. The van der Waals surface area contributed by atoms with E-state index in [4.69, 9.17) is 14.2 Å². The average molecular weight is 381 g/mol. The summed E-state index contributed by atoms with van der Waals surface area (Å²) in [5, 5.41) is 13.9. The highest BCUT2D eigenvalue weighted by Crippen LogP contribution is 2.26. The molecule has 2 saturated heterocycles. The topological polar surface area (TPSA) is 120 Å². The molecule has 0 spiro atoms. The second-order valence-electron chi connectivity index (χ2n) is 6.58. The van der Waals surface area contributed by atoms with E-state index in [0.717, 1.165) is 25.5 Å². The van der Waals surface area contributed by atoms with E-state index in [9.17, 15) is 19.5 Å². The lowest BCUT2D eigenvalue weighted by Crippen LogP contribution is -2.55. The standard InChI is InChI=1S/C17H23N3O7/c1-10-9-13(18-20(10)12-3-6-25-7-4-12)19-5-8-26-14(16(19)22)15(17(23)24)27-11(2)21/h9,12,14-15H,3-8H2,1-2H3,(H,23,24). The molecule has 10 nitrogen and oxygen atoms in total. The van der Waals surface area contributed by atoms with E-state index in [2.05, 4.69) is 5.10 Å². The molecule has 2 unspecified atom stereocenters. The molecule has 3 rings (SSSR count). The van der Waals surface area contributed by atoms with Crippen LogP contribution < -0.4 is 4.90 Å². The number of carboxylic acids is 1. The molecule has 2 aliphatic rings. The lowest BCUT2D eigenvalue weighted by Gasteiger charge is -2.33. The Hall–Kier alpha value is -2.46. The van der Waals surface area contributed by atoms with Crippen LogP contribution in [0.2, 0.25) is 0 Å². The minimum absolute atomic E-state index is 0.116. The lowest BCUT2D eigenvalue weighted by molar-refractivity contribution is -0.177. The maximum Gasteiger partial charge on any atom is 0.348 e. The number of hydrogen-bond donors (Lipinski definition) is 1. The van der Waals surface area contributed by atoms with Gasteiger partial charge < -0.3 is 19.3 Å². The van der Waals surface area contributed by atoms with Crippen LogP contribution in [-0.2, 0) is 28.6 Å². The molecule has 2 atom stereocenters. The number of aliphatic carboxylic acids is 1. The van der Waals surface area contributed by atoms with Crippen LogP contribution in [0.15, 0.2) is 6.07 Å². The number of hydrogen-bond acceptors (Lipinski definition) is 7. The number of carboxylic acid groups (broad SMARTS) is 1. The van der Waals surface area contributed by atoms with Crippen molar-refractivity contribution in [3.8, 4) is 0 Å². The number of morpholine rings is 1. The fraction of sp³-hybridized carbons (Fsp3) is 0.647. The number of esters is 1. The number of ether oxygens (including phenoxy) is 3. The monoisotopic (exact) mass is 381 g/mol. The van der Waals surface area contributed by atoms with E-state index in [1.54, 1.807) is 6.07 Å². The number of aryl methyl sites for hydroxylation is 1. The molecule has 0 radical (unpaired) electrons.